The van der Waals surface area contributed by atoms with Gasteiger partial charge in [-0.2, -0.15) is 0 Å². The molecule has 0 aliphatic carbocycles. The topological polar surface area (TPSA) is 34.0 Å². The Bertz CT molecular complexity index is 445. The molecule has 0 aliphatic heterocycles. The molecule has 0 radical (unpaired) electrons. The fourth-order valence-electron chi connectivity index (χ4n) is 1.81. The number of nitrogens with one attached hydrogen (secondary N) is 1. The van der Waals surface area contributed by atoms with E-state index in [9.17, 15) is 4.79 Å². The molecule has 0 aromatic carbocycles. The number of amides is 1. The highest BCUT2D eigenvalue weighted by molar-refractivity contribution is 9.10. The van der Waals surface area contributed by atoms with Crippen molar-refractivity contribution in [3.63, 3.8) is 0 Å². The lowest BCUT2D eigenvalue weighted by molar-refractivity contribution is 0.0935. The van der Waals surface area contributed by atoms with Gasteiger partial charge >= 0.3 is 0 Å². The summed E-state index contributed by atoms with van der Waals surface area (Å²) in [5.74, 6) is 2.50. The zero-order valence-corrected chi connectivity index (χ0v) is 12.5. The van der Waals surface area contributed by atoms with Crippen LogP contribution in [0, 0.1) is 12.3 Å². The Hall–Kier alpha value is -1.21. The van der Waals surface area contributed by atoms with Crippen LogP contribution in [0.1, 0.15) is 43.6 Å². The highest BCUT2D eigenvalue weighted by Crippen LogP contribution is 2.15. The second-order valence-electron chi connectivity index (χ2n) is 4.22. The van der Waals surface area contributed by atoms with E-state index in [0.29, 0.717) is 5.69 Å². The SMILES string of the molecule is C#CC(CCC)NC(=O)c1cc(Br)cn1CCC. The number of hydrogen-bond donors (Lipinski definition) is 1. The maximum atomic E-state index is 12.1. The second-order valence-corrected chi connectivity index (χ2v) is 5.13. The number of rotatable bonds is 6. The monoisotopic (exact) mass is 310 g/mol. The molecular formula is C14H19BrN2O. The molecule has 1 aromatic heterocycles. The summed E-state index contributed by atoms with van der Waals surface area (Å²) in [5, 5.41) is 2.88. The molecule has 0 saturated carbocycles. The highest BCUT2D eigenvalue weighted by Gasteiger charge is 2.15. The van der Waals surface area contributed by atoms with Gasteiger partial charge in [-0.1, -0.05) is 26.2 Å². The molecular weight excluding hydrogens is 292 g/mol. The molecule has 1 atom stereocenters. The van der Waals surface area contributed by atoms with Crippen molar-refractivity contribution in [1.82, 2.24) is 9.88 Å². The van der Waals surface area contributed by atoms with Crippen molar-refractivity contribution in [3.8, 4) is 12.3 Å². The summed E-state index contributed by atoms with van der Waals surface area (Å²) in [6.45, 7) is 4.95. The van der Waals surface area contributed by atoms with Crippen LogP contribution >= 0.6 is 15.9 Å². The van der Waals surface area contributed by atoms with Gasteiger partial charge in [0.25, 0.3) is 5.91 Å². The van der Waals surface area contributed by atoms with Crippen LogP contribution in [-0.2, 0) is 6.54 Å². The van der Waals surface area contributed by atoms with E-state index < -0.39 is 0 Å². The fourth-order valence-corrected chi connectivity index (χ4v) is 2.27. The van der Waals surface area contributed by atoms with Gasteiger partial charge in [0.05, 0.1) is 6.04 Å². The van der Waals surface area contributed by atoms with Crippen LogP contribution in [0.2, 0.25) is 0 Å². The van der Waals surface area contributed by atoms with E-state index in [0.717, 1.165) is 30.3 Å². The minimum atomic E-state index is -0.189. The molecule has 0 saturated heterocycles. The third-order valence-corrected chi connectivity index (χ3v) is 3.08. The Morgan fingerprint density at radius 3 is 2.83 bits per heavy atom. The van der Waals surface area contributed by atoms with Crippen LogP contribution in [0.5, 0.6) is 0 Å². The average molecular weight is 311 g/mol. The first kappa shape index (κ1) is 14.8. The van der Waals surface area contributed by atoms with Crippen LogP contribution in [0.15, 0.2) is 16.7 Å². The van der Waals surface area contributed by atoms with Crippen molar-refractivity contribution in [2.24, 2.45) is 0 Å². The van der Waals surface area contributed by atoms with Crippen LogP contribution in [0.3, 0.4) is 0 Å². The van der Waals surface area contributed by atoms with E-state index in [1.165, 1.54) is 0 Å². The lowest BCUT2D eigenvalue weighted by Gasteiger charge is -2.13. The number of carbonyl (C=O) groups excluding carboxylic acids is 1. The molecule has 1 N–H and O–H groups in total. The smallest absolute Gasteiger partial charge is 0.268 e. The Balaban J connectivity index is 2.80. The number of hydrogen-bond acceptors (Lipinski definition) is 1. The summed E-state index contributed by atoms with van der Waals surface area (Å²) in [7, 11) is 0. The van der Waals surface area contributed by atoms with Gasteiger partial charge in [-0.15, -0.1) is 6.42 Å². The van der Waals surface area contributed by atoms with Crippen molar-refractivity contribution < 1.29 is 4.79 Å². The van der Waals surface area contributed by atoms with Gasteiger partial charge in [0.15, 0.2) is 0 Å². The van der Waals surface area contributed by atoms with Gasteiger partial charge in [0.2, 0.25) is 0 Å². The third kappa shape index (κ3) is 3.92. The molecule has 18 heavy (non-hydrogen) atoms. The Labute approximate surface area is 117 Å². The standard InChI is InChI=1S/C14H19BrN2O/c1-4-7-12(6-3)16-14(18)13-9-11(15)10-17(13)8-5-2/h3,9-10,12H,4-5,7-8H2,1-2H3,(H,16,18). The van der Waals surface area contributed by atoms with Gasteiger partial charge in [0.1, 0.15) is 5.69 Å². The number of aryl methyl sites for hydroxylation is 1. The maximum Gasteiger partial charge on any atom is 0.268 e. The van der Waals surface area contributed by atoms with Crippen molar-refractivity contribution >= 4 is 21.8 Å². The minimum Gasteiger partial charge on any atom is -0.342 e. The molecule has 0 bridgehead atoms. The van der Waals surface area contributed by atoms with E-state index in [1.807, 2.05) is 23.8 Å². The summed E-state index contributed by atoms with van der Waals surface area (Å²) < 4.78 is 2.85. The fraction of sp³-hybridized carbons (Fsp3) is 0.500. The summed E-state index contributed by atoms with van der Waals surface area (Å²) in [4.78, 5) is 12.1. The zero-order chi connectivity index (χ0) is 13.5. The Kier molecular flexibility index (Phi) is 6.00. The van der Waals surface area contributed by atoms with Gasteiger partial charge < -0.3 is 9.88 Å². The van der Waals surface area contributed by atoms with E-state index in [1.54, 1.807) is 0 Å². The van der Waals surface area contributed by atoms with Gasteiger partial charge in [-0.25, -0.2) is 0 Å². The lowest BCUT2D eigenvalue weighted by atomic mass is 10.2. The maximum absolute atomic E-state index is 12.1. The number of nitrogens with zero attached hydrogens (tertiary/aromatic N) is 1. The van der Waals surface area contributed by atoms with Crippen LogP contribution < -0.4 is 5.32 Å². The second kappa shape index (κ2) is 7.27. The summed E-state index contributed by atoms with van der Waals surface area (Å²) in [6.07, 6.45) is 10.1. The molecule has 1 rings (SSSR count). The molecule has 0 aliphatic rings. The normalized spacial score (nSPS) is 11.9. The molecule has 4 heteroatoms. The van der Waals surface area contributed by atoms with Crippen LogP contribution in [0.25, 0.3) is 0 Å². The number of halogens is 1. The molecule has 0 fully saturated rings. The average Bonchev–Trinajstić information content (AvgIpc) is 2.70. The highest BCUT2D eigenvalue weighted by atomic mass is 79.9. The third-order valence-electron chi connectivity index (χ3n) is 2.64. The number of aromatic nitrogens is 1. The predicted octanol–water partition coefficient (Wildman–Crippen LogP) is 3.19. The van der Waals surface area contributed by atoms with Crippen molar-refractivity contribution in [3.05, 3.63) is 22.4 Å². The van der Waals surface area contributed by atoms with E-state index in [4.69, 9.17) is 6.42 Å². The predicted molar refractivity (Wildman–Crippen MR) is 77.4 cm³/mol. The number of carbonyl (C=O) groups is 1. The first-order chi connectivity index (χ1) is 8.62. The van der Waals surface area contributed by atoms with Crippen molar-refractivity contribution in [2.45, 2.75) is 45.7 Å². The van der Waals surface area contributed by atoms with Gasteiger partial charge in [0, 0.05) is 17.2 Å². The molecule has 0 spiro atoms. The lowest BCUT2D eigenvalue weighted by Crippen LogP contribution is -2.34. The van der Waals surface area contributed by atoms with Crippen molar-refractivity contribution in [2.75, 3.05) is 0 Å². The van der Waals surface area contributed by atoms with E-state index in [-0.39, 0.29) is 11.9 Å². The Morgan fingerprint density at radius 1 is 1.56 bits per heavy atom. The van der Waals surface area contributed by atoms with E-state index >= 15 is 0 Å². The molecule has 1 amide bonds. The van der Waals surface area contributed by atoms with E-state index in [2.05, 4.69) is 34.1 Å². The minimum absolute atomic E-state index is 0.106. The van der Waals surface area contributed by atoms with Crippen molar-refractivity contribution in [1.29, 1.82) is 0 Å². The molecule has 1 heterocycles. The summed E-state index contributed by atoms with van der Waals surface area (Å²) in [6, 6.07) is 1.64. The molecule has 3 nitrogen and oxygen atoms in total. The summed E-state index contributed by atoms with van der Waals surface area (Å²) in [5.41, 5.74) is 0.653. The summed E-state index contributed by atoms with van der Waals surface area (Å²) >= 11 is 3.39. The first-order valence-corrected chi connectivity index (χ1v) is 7.04. The van der Waals surface area contributed by atoms with Crippen LogP contribution in [0.4, 0.5) is 0 Å². The molecule has 98 valence electrons. The zero-order valence-electron chi connectivity index (χ0n) is 10.9. The quantitative estimate of drug-likeness (QED) is 0.804. The first-order valence-electron chi connectivity index (χ1n) is 6.25. The molecule has 1 aromatic rings. The number of terminal acetylenes is 1. The van der Waals surface area contributed by atoms with Crippen LogP contribution in [-0.4, -0.2) is 16.5 Å². The largest absolute Gasteiger partial charge is 0.342 e. The Morgan fingerprint density at radius 2 is 2.28 bits per heavy atom. The van der Waals surface area contributed by atoms with Gasteiger partial charge in [-0.05, 0) is 34.8 Å². The van der Waals surface area contributed by atoms with Gasteiger partial charge in [-0.3, -0.25) is 4.79 Å². The molecule has 1 unspecified atom stereocenters.